The minimum atomic E-state index is 0.250. The predicted molar refractivity (Wildman–Crippen MR) is 89.7 cm³/mol. The van der Waals surface area contributed by atoms with E-state index in [0.717, 1.165) is 5.92 Å². The van der Waals surface area contributed by atoms with Crippen molar-refractivity contribution in [2.75, 3.05) is 0 Å². The Labute approximate surface area is 126 Å². The van der Waals surface area contributed by atoms with Crippen molar-refractivity contribution in [3.8, 4) is 0 Å². The lowest BCUT2D eigenvalue weighted by molar-refractivity contribution is 0.434. The molecule has 0 aliphatic heterocycles. The highest BCUT2D eigenvalue weighted by atomic mass is 14.3. The molecule has 0 amide bonds. The van der Waals surface area contributed by atoms with Crippen LogP contribution in [0.3, 0.4) is 0 Å². The van der Waals surface area contributed by atoms with Gasteiger partial charge in [-0.05, 0) is 46.3 Å². The molecule has 1 aromatic carbocycles. The molecule has 0 N–H and O–H groups in total. The fourth-order valence-electron chi connectivity index (χ4n) is 3.46. The minimum absolute atomic E-state index is 0.250. The molecule has 0 unspecified atom stereocenters. The molecule has 1 saturated carbocycles. The van der Waals surface area contributed by atoms with Gasteiger partial charge in [0, 0.05) is 0 Å². The summed E-state index contributed by atoms with van der Waals surface area (Å²) in [7, 11) is 0. The van der Waals surface area contributed by atoms with E-state index >= 15 is 0 Å². The maximum atomic E-state index is 2.52. The Hall–Kier alpha value is -0.780. The summed E-state index contributed by atoms with van der Waals surface area (Å²) in [5.74, 6) is 0.792. The van der Waals surface area contributed by atoms with Crippen molar-refractivity contribution in [3.63, 3.8) is 0 Å². The van der Waals surface area contributed by atoms with E-state index in [4.69, 9.17) is 0 Å². The first-order valence-corrected chi connectivity index (χ1v) is 8.34. The Kier molecular flexibility index (Phi) is 4.33. The molecule has 0 atom stereocenters. The van der Waals surface area contributed by atoms with Crippen LogP contribution in [0.2, 0.25) is 0 Å². The van der Waals surface area contributed by atoms with E-state index in [-0.39, 0.29) is 10.8 Å². The summed E-state index contributed by atoms with van der Waals surface area (Å²) in [4.78, 5) is 0. The van der Waals surface area contributed by atoms with Crippen LogP contribution in [-0.2, 0) is 10.8 Å². The zero-order valence-electron chi connectivity index (χ0n) is 14.3. The van der Waals surface area contributed by atoms with E-state index in [1.807, 2.05) is 0 Å². The first-order valence-electron chi connectivity index (χ1n) is 8.34. The molecule has 0 spiro atoms. The summed E-state index contributed by atoms with van der Waals surface area (Å²) in [6.45, 7) is 14.0. The van der Waals surface area contributed by atoms with Crippen molar-refractivity contribution in [1.82, 2.24) is 0 Å². The van der Waals surface area contributed by atoms with Gasteiger partial charge < -0.3 is 0 Å². The molecule has 2 rings (SSSR count). The molecule has 1 aliphatic rings. The van der Waals surface area contributed by atoms with Gasteiger partial charge >= 0.3 is 0 Å². The first-order chi connectivity index (χ1) is 9.19. The SMILES string of the molecule is CC(C)(C)c1ccc(C(C)(C)C)c(C2CCCCC2)c1. The second kappa shape index (κ2) is 5.54. The fourth-order valence-corrected chi connectivity index (χ4v) is 3.46. The van der Waals surface area contributed by atoms with Gasteiger partial charge in [-0.2, -0.15) is 0 Å². The lowest BCUT2D eigenvalue weighted by Crippen LogP contribution is -2.20. The van der Waals surface area contributed by atoms with Gasteiger partial charge in [-0.3, -0.25) is 0 Å². The second-order valence-electron chi connectivity index (χ2n) is 8.64. The van der Waals surface area contributed by atoms with Crippen molar-refractivity contribution in [3.05, 3.63) is 34.9 Å². The molecule has 1 aromatic rings. The standard InChI is InChI=1S/C20H32/c1-19(2,3)16-12-13-18(20(4,5)6)17(14-16)15-10-8-7-9-11-15/h12-15H,7-11H2,1-6H3. The average molecular weight is 272 g/mol. The van der Waals surface area contributed by atoms with Crippen molar-refractivity contribution < 1.29 is 0 Å². The van der Waals surface area contributed by atoms with Gasteiger partial charge in [0.05, 0.1) is 0 Å². The molecule has 0 saturated heterocycles. The summed E-state index contributed by atoms with van der Waals surface area (Å²) < 4.78 is 0. The maximum absolute atomic E-state index is 2.52. The summed E-state index contributed by atoms with van der Waals surface area (Å²) in [5.41, 5.74) is 5.20. The predicted octanol–water partition coefficient (Wildman–Crippen LogP) is 6.33. The van der Waals surface area contributed by atoms with Gasteiger partial charge in [0.25, 0.3) is 0 Å². The Morgan fingerprint density at radius 1 is 0.800 bits per heavy atom. The molecule has 0 aromatic heterocycles. The number of hydrogen-bond donors (Lipinski definition) is 0. The number of rotatable bonds is 1. The molecule has 0 bridgehead atoms. The highest BCUT2D eigenvalue weighted by molar-refractivity contribution is 5.41. The van der Waals surface area contributed by atoms with Gasteiger partial charge in [-0.15, -0.1) is 0 Å². The van der Waals surface area contributed by atoms with E-state index in [1.54, 1.807) is 11.1 Å². The fraction of sp³-hybridized carbons (Fsp3) is 0.700. The quantitative estimate of drug-likeness (QED) is 0.560. The normalized spacial score (nSPS) is 18.3. The maximum Gasteiger partial charge on any atom is -0.0129 e. The summed E-state index contributed by atoms with van der Waals surface area (Å²) in [6.07, 6.45) is 7.02. The second-order valence-corrected chi connectivity index (χ2v) is 8.64. The van der Waals surface area contributed by atoms with Crippen LogP contribution in [0.4, 0.5) is 0 Å². The Balaban J connectivity index is 2.48. The molecule has 0 heteroatoms. The van der Waals surface area contributed by atoms with Gasteiger partial charge in [0.15, 0.2) is 0 Å². The molecule has 0 radical (unpaired) electrons. The van der Waals surface area contributed by atoms with Crippen molar-refractivity contribution in [2.45, 2.75) is 90.4 Å². The monoisotopic (exact) mass is 272 g/mol. The molecular weight excluding hydrogens is 240 g/mol. The van der Waals surface area contributed by atoms with E-state index in [1.165, 1.54) is 37.7 Å². The third-order valence-electron chi connectivity index (χ3n) is 4.77. The highest BCUT2D eigenvalue weighted by Gasteiger charge is 2.26. The van der Waals surface area contributed by atoms with Gasteiger partial charge in [-0.1, -0.05) is 79.0 Å². The third kappa shape index (κ3) is 3.45. The van der Waals surface area contributed by atoms with Crippen LogP contribution < -0.4 is 0 Å². The molecule has 20 heavy (non-hydrogen) atoms. The average Bonchev–Trinajstić information content (AvgIpc) is 2.37. The van der Waals surface area contributed by atoms with Crippen LogP contribution in [-0.4, -0.2) is 0 Å². The van der Waals surface area contributed by atoms with Crippen molar-refractivity contribution in [1.29, 1.82) is 0 Å². The third-order valence-corrected chi connectivity index (χ3v) is 4.77. The lowest BCUT2D eigenvalue weighted by atomic mass is 9.73. The molecule has 112 valence electrons. The van der Waals surface area contributed by atoms with Crippen LogP contribution in [0.1, 0.15) is 96.3 Å². The van der Waals surface area contributed by atoms with Crippen molar-refractivity contribution in [2.24, 2.45) is 0 Å². The van der Waals surface area contributed by atoms with Crippen LogP contribution in [0, 0.1) is 0 Å². The Morgan fingerprint density at radius 3 is 1.90 bits per heavy atom. The van der Waals surface area contributed by atoms with E-state index < -0.39 is 0 Å². The van der Waals surface area contributed by atoms with E-state index in [9.17, 15) is 0 Å². The summed E-state index contributed by atoms with van der Waals surface area (Å²) >= 11 is 0. The largest absolute Gasteiger partial charge is 0.0582 e. The molecule has 0 nitrogen and oxygen atoms in total. The molecule has 1 aliphatic carbocycles. The number of benzene rings is 1. The summed E-state index contributed by atoms with van der Waals surface area (Å²) in [5, 5.41) is 0. The molecule has 1 fully saturated rings. The zero-order chi connectivity index (χ0) is 15.0. The minimum Gasteiger partial charge on any atom is -0.0582 e. The Morgan fingerprint density at radius 2 is 1.40 bits per heavy atom. The van der Waals surface area contributed by atoms with Crippen LogP contribution >= 0.6 is 0 Å². The number of hydrogen-bond acceptors (Lipinski definition) is 0. The Bertz CT molecular complexity index is 448. The van der Waals surface area contributed by atoms with E-state index in [2.05, 4.69) is 59.7 Å². The molecular formula is C20H32. The van der Waals surface area contributed by atoms with Crippen LogP contribution in [0.25, 0.3) is 0 Å². The van der Waals surface area contributed by atoms with E-state index in [0.29, 0.717) is 0 Å². The highest BCUT2D eigenvalue weighted by Crippen LogP contribution is 2.40. The lowest BCUT2D eigenvalue weighted by Gasteiger charge is -2.32. The first kappa shape index (κ1) is 15.6. The smallest absolute Gasteiger partial charge is 0.0129 e. The van der Waals surface area contributed by atoms with Gasteiger partial charge in [-0.25, -0.2) is 0 Å². The van der Waals surface area contributed by atoms with Crippen molar-refractivity contribution >= 4 is 0 Å². The van der Waals surface area contributed by atoms with Gasteiger partial charge in [0.2, 0.25) is 0 Å². The van der Waals surface area contributed by atoms with Crippen LogP contribution in [0.15, 0.2) is 18.2 Å². The van der Waals surface area contributed by atoms with Gasteiger partial charge in [0.1, 0.15) is 0 Å². The zero-order valence-corrected chi connectivity index (χ0v) is 14.3. The molecule has 0 heterocycles. The topological polar surface area (TPSA) is 0 Å². The van der Waals surface area contributed by atoms with Crippen LogP contribution in [0.5, 0.6) is 0 Å². The summed E-state index contributed by atoms with van der Waals surface area (Å²) in [6, 6.07) is 7.29.